The highest BCUT2D eigenvalue weighted by Gasteiger charge is 2.33. The molecule has 1 fully saturated rings. The Balaban J connectivity index is 1.66. The van der Waals surface area contributed by atoms with E-state index in [1.54, 1.807) is 4.57 Å². The number of hydrogen-bond donors (Lipinski definition) is 1. The van der Waals surface area contributed by atoms with Crippen molar-refractivity contribution in [3.63, 3.8) is 0 Å². The molecule has 0 bridgehead atoms. The van der Waals surface area contributed by atoms with Gasteiger partial charge in [-0.15, -0.1) is 11.3 Å². The quantitative estimate of drug-likeness (QED) is 0.869. The first-order valence-corrected chi connectivity index (χ1v) is 11.0. The summed E-state index contributed by atoms with van der Waals surface area (Å²) in [6, 6.07) is 0.213. The van der Waals surface area contributed by atoms with Crippen molar-refractivity contribution in [2.45, 2.75) is 72.4 Å². The van der Waals surface area contributed by atoms with Gasteiger partial charge in [-0.05, 0) is 49.5 Å². The molecule has 1 amide bonds. The summed E-state index contributed by atoms with van der Waals surface area (Å²) in [7, 11) is 0. The Morgan fingerprint density at radius 1 is 1.33 bits per heavy atom. The molecule has 2 aromatic rings. The van der Waals surface area contributed by atoms with E-state index < -0.39 is 0 Å². The van der Waals surface area contributed by atoms with Gasteiger partial charge in [0.2, 0.25) is 0 Å². The lowest BCUT2D eigenvalue weighted by Crippen LogP contribution is -2.45. The van der Waals surface area contributed by atoms with Crippen LogP contribution >= 0.6 is 11.3 Å². The number of rotatable bonds is 3. The summed E-state index contributed by atoms with van der Waals surface area (Å²) in [5, 5.41) is 3.94. The predicted octanol–water partition coefficient (Wildman–Crippen LogP) is 3.90. The standard InChI is InChI=1S/C21H29N3O2S/c1-11(2)14-8-7-12(3)10-15(14)22-19(25)18-13(4)17-20(27-18)23-16-6-5-9-24(16)21(17)26/h11-12,14-15H,5-10H2,1-4H3,(H,22,25). The van der Waals surface area contributed by atoms with Crippen LogP contribution in [0.3, 0.4) is 0 Å². The number of amides is 1. The molecule has 0 aromatic carbocycles. The van der Waals surface area contributed by atoms with Gasteiger partial charge in [-0.3, -0.25) is 14.2 Å². The second-order valence-corrected chi connectivity index (χ2v) is 9.73. The van der Waals surface area contributed by atoms with E-state index in [-0.39, 0.29) is 17.5 Å². The SMILES string of the molecule is Cc1c(C(=O)NC2CC(C)CCC2C(C)C)sc2nc3n(c(=O)c12)CCC3. The molecule has 0 spiro atoms. The third kappa shape index (κ3) is 3.22. The highest BCUT2D eigenvalue weighted by molar-refractivity contribution is 7.20. The molecule has 3 atom stereocenters. The number of aromatic nitrogens is 2. The molecule has 1 N–H and O–H groups in total. The van der Waals surface area contributed by atoms with Gasteiger partial charge in [-0.2, -0.15) is 0 Å². The molecule has 5 nitrogen and oxygen atoms in total. The highest BCUT2D eigenvalue weighted by Crippen LogP contribution is 2.34. The summed E-state index contributed by atoms with van der Waals surface area (Å²) < 4.78 is 1.78. The number of carbonyl (C=O) groups is 1. The Morgan fingerprint density at radius 3 is 2.85 bits per heavy atom. The first-order chi connectivity index (χ1) is 12.9. The van der Waals surface area contributed by atoms with Crippen molar-refractivity contribution in [2.75, 3.05) is 0 Å². The summed E-state index contributed by atoms with van der Waals surface area (Å²) >= 11 is 1.37. The maximum Gasteiger partial charge on any atom is 0.262 e. The minimum Gasteiger partial charge on any atom is -0.348 e. The molecular weight excluding hydrogens is 358 g/mol. The molecule has 1 saturated carbocycles. The van der Waals surface area contributed by atoms with Gasteiger partial charge in [0.1, 0.15) is 10.7 Å². The summed E-state index contributed by atoms with van der Waals surface area (Å²) in [5.74, 6) is 2.54. The van der Waals surface area contributed by atoms with Crippen LogP contribution in [-0.4, -0.2) is 21.5 Å². The normalized spacial score (nSPS) is 25.1. The Morgan fingerprint density at radius 2 is 2.11 bits per heavy atom. The van der Waals surface area contributed by atoms with Crippen molar-refractivity contribution in [1.29, 1.82) is 0 Å². The van der Waals surface area contributed by atoms with Crippen molar-refractivity contribution in [3.05, 3.63) is 26.6 Å². The topological polar surface area (TPSA) is 64.0 Å². The Bertz CT molecular complexity index is 943. The van der Waals surface area contributed by atoms with E-state index in [2.05, 4.69) is 31.1 Å². The van der Waals surface area contributed by atoms with E-state index in [0.717, 1.165) is 37.2 Å². The van der Waals surface area contributed by atoms with Gasteiger partial charge in [-0.1, -0.05) is 27.2 Å². The molecule has 4 rings (SSSR count). The van der Waals surface area contributed by atoms with Crippen LogP contribution in [0.5, 0.6) is 0 Å². The lowest BCUT2D eigenvalue weighted by Gasteiger charge is -2.37. The van der Waals surface area contributed by atoms with Gasteiger partial charge in [0, 0.05) is 19.0 Å². The summed E-state index contributed by atoms with van der Waals surface area (Å²) in [6.07, 6.45) is 5.27. The predicted molar refractivity (Wildman–Crippen MR) is 110 cm³/mol. The average Bonchev–Trinajstić information content (AvgIpc) is 3.20. The second kappa shape index (κ2) is 7.04. The molecule has 2 aromatic heterocycles. The van der Waals surface area contributed by atoms with E-state index >= 15 is 0 Å². The Labute approximate surface area is 164 Å². The monoisotopic (exact) mass is 387 g/mol. The Hall–Kier alpha value is -1.69. The van der Waals surface area contributed by atoms with E-state index in [1.165, 1.54) is 24.2 Å². The molecule has 0 radical (unpaired) electrons. The minimum absolute atomic E-state index is 0.0200. The lowest BCUT2D eigenvalue weighted by atomic mass is 9.74. The maximum atomic E-state index is 13.1. The van der Waals surface area contributed by atoms with Crippen LogP contribution in [0.1, 0.15) is 67.5 Å². The molecule has 1 aliphatic heterocycles. The molecule has 27 heavy (non-hydrogen) atoms. The molecule has 2 aliphatic rings. The van der Waals surface area contributed by atoms with Gasteiger partial charge in [0.15, 0.2) is 0 Å². The van der Waals surface area contributed by atoms with Crippen molar-refractivity contribution in [1.82, 2.24) is 14.9 Å². The molecule has 3 heterocycles. The number of fused-ring (bicyclic) bond motifs is 2. The minimum atomic E-state index is -0.0372. The third-order valence-electron chi connectivity index (χ3n) is 6.46. The summed E-state index contributed by atoms with van der Waals surface area (Å²) in [5.41, 5.74) is 0.809. The number of nitrogens with zero attached hydrogens (tertiary/aromatic N) is 2. The van der Waals surface area contributed by atoms with Gasteiger partial charge < -0.3 is 5.32 Å². The lowest BCUT2D eigenvalue weighted by molar-refractivity contribution is 0.0871. The number of thiophene rings is 1. The first kappa shape index (κ1) is 18.7. The second-order valence-electron chi connectivity index (χ2n) is 8.73. The van der Waals surface area contributed by atoms with Crippen molar-refractivity contribution < 1.29 is 4.79 Å². The van der Waals surface area contributed by atoms with Crippen LogP contribution in [0.2, 0.25) is 0 Å². The van der Waals surface area contributed by atoms with Crippen LogP contribution in [0.15, 0.2) is 4.79 Å². The first-order valence-electron chi connectivity index (χ1n) is 10.2. The zero-order chi connectivity index (χ0) is 19.3. The molecule has 3 unspecified atom stereocenters. The molecule has 146 valence electrons. The van der Waals surface area contributed by atoms with E-state index in [9.17, 15) is 9.59 Å². The highest BCUT2D eigenvalue weighted by atomic mass is 32.1. The van der Waals surface area contributed by atoms with E-state index in [0.29, 0.717) is 32.8 Å². The molecule has 0 saturated heterocycles. The van der Waals surface area contributed by atoms with Crippen molar-refractivity contribution in [3.8, 4) is 0 Å². The van der Waals surface area contributed by atoms with Crippen LogP contribution in [0, 0.1) is 24.7 Å². The maximum absolute atomic E-state index is 13.1. The smallest absolute Gasteiger partial charge is 0.262 e. The van der Waals surface area contributed by atoms with Gasteiger partial charge in [-0.25, -0.2) is 4.98 Å². The summed E-state index contributed by atoms with van der Waals surface area (Å²) in [4.78, 5) is 32.0. The largest absolute Gasteiger partial charge is 0.348 e. The number of carbonyl (C=O) groups excluding carboxylic acids is 1. The number of aryl methyl sites for hydroxylation is 2. The van der Waals surface area contributed by atoms with Crippen LogP contribution in [-0.2, 0) is 13.0 Å². The number of nitrogens with one attached hydrogen (secondary N) is 1. The number of hydrogen-bond acceptors (Lipinski definition) is 4. The fourth-order valence-electron chi connectivity index (χ4n) is 4.89. The van der Waals surface area contributed by atoms with Gasteiger partial charge >= 0.3 is 0 Å². The van der Waals surface area contributed by atoms with Gasteiger partial charge in [0.25, 0.3) is 11.5 Å². The third-order valence-corrected chi connectivity index (χ3v) is 7.64. The fourth-order valence-corrected chi connectivity index (χ4v) is 5.99. The molecule has 6 heteroatoms. The summed E-state index contributed by atoms with van der Waals surface area (Å²) in [6.45, 7) is 9.40. The van der Waals surface area contributed by atoms with E-state index in [1.807, 2.05) is 6.92 Å². The fraction of sp³-hybridized carbons (Fsp3) is 0.667. The zero-order valence-corrected chi connectivity index (χ0v) is 17.5. The van der Waals surface area contributed by atoms with E-state index in [4.69, 9.17) is 0 Å². The van der Waals surface area contributed by atoms with Gasteiger partial charge in [0.05, 0.1) is 10.3 Å². The zero-order valence-electron chi connectivity index (χ0n) is 16.7. The van der Waals surface area contributed by atoms with Crippen molar-refractivity contribution in [2.24, 2.45) is 17.8 Å². The molecular formula is C21H29N3O2S. The van der Waals surface area contributed by atoms with Crippen molar-refractivity contribution >= 4 is 27.5 Å². The van der Waals surface area contributed by atoms with Crippen LogP contribution in [0.25, 0.3) is 10.2 Å². The Kier molecular flexibility index (Phi) is 4.87. The van der Waals surface area contributed by atoms with Crippen LogP contribution in [0.4, 0.5) is 0 Å². The average molecular weight is 388 g/mol. The van der Waals surface area contributed by atoms with Crippen LogP contribution < -0.4 is 10.9 Å². The molecule has 1 aliphatic carbocycles.